The third-order valence-corrected chi connectivity index (χ3v) is 5.54. The second-order valence-corrected chi connectivity index (χ2v) is 8.69. The number of alkyl halides is 2. The summed E-state index contributed by atoms with van der Waals surface area (Å²) >= 11 is 0. The number of rotatable bonds is 9. The van der Waals surface area contributed by atoms with E-state index in [-0.39, 0.29) is 12.2 Å². The topological polar surface area (TPSA) is 61.8 Å². The number of halogens is 2. The predicted molar refractivity (Wildman–Crippen MR) is 102 cm³/mol. The van der Waals surface area contributed by atoms with Crippen molar-refractivity contribution in [2.75, 3.05) is 0 Å². The molecule has 0 fully saturated rings. The minimum Gasteiger partial charge on any atom is -0.461 e. The van der Waals surface area contributed by atoms with Crippen LogP contribution in [0.3, 0.4) is 0 Å². The Morgan fingerprint density at radius 2 is 1.57 bits per heavy atom. The predicted octanol–water partition coefficient (Wildman–Crippen LogP) is 5.45. The lowest BCUT2D eigenvalue weighted by Gasteiger charge is -2.28. The number of carbonyl (C=O) groups excluding carboxylic acids is 1. The van der Waals surface area contributed by atoms with E-state index in [1.165, 1.54) is 12.1 Å². The lowest BCUT2D eigenvalue weighted by molar-refractivity contribution is -0.156. The molecule has 2 rings (SSSR count). The number of hydrogen-bond acceptors (Lipinski definition) is 5. The smallest absolute Gasteiger partial charge is 0.448 e. The lowest BCUT2D eigenvalue weighted by Crippen LogP contribution is -2.33. The summed E-state index contributed by atoms with van der Waals surface area (Å²) in [5.41, 5.74) is -3.20. The van der Waals surface area contributed by atoms with E-state index in [0.29, 0.717) is 12.5 Å². The Bertz CT molecular complexity index is 806. The van der Waals surface area contributed by atoms with Gasteiger partial charge in [-0.1, -0.05) is 48.5 Å². The van der Waals surface area contributed by atoms with E-state index < -0.39 is 31.4 Å². The third-order valence-electron chi connectivity index (χ3n) is 3.59. The quantitative estimate of drug-likeness (QED) is 0.405. The molecule has 0 N–H and O–H groups in total. The maximum Gasteiger partial charge on any atom is 0.448 e. The molecule has 8 heteroatoms. The van der Waals surface area contributed by atoms with Gasteiger partial charge in [-0.2, -0.15) is 8.78 Å². The third kappa shape index (κ3) is 6.14. The summed E-state index contributed by atoms with van der Waals surface area (Å²) in [5.74, 6) is -0.942. The first-order chi connectivity index (χ1) is 13.1. The van der Waals surface area contributed by atoms with Crippen LogP contribution in [0.15, 0.2) is 60.7 Å². The highest BCUT2D eigenvalue weighted by Gasteiger charge is 2.53. The van der Waals surface area contributed by atoms with Crippen LogP contribution in [0.4, 0.5) is 8.78 Å². The highest BCUT2D eigenvalue weighted by molar-refractivity contribution is 7.55. The Labute approximate surface area is 163 Å². The maximum atomic E-state index is 14.2. The normalized spacial score (nSPS) is 14.9. The van der Waals surface area contributed by atoms with Crippen molar-refractivity contribution >= 4 is 13.6 Å². The van der Waals surface area contributed by atoms with Crippen molar-refractivity contribution in [1.82, 2.24) is 0 Å². The molecule has 28 heavy (non-hydrogen) atoms. The molecule has 0 bridgehead atoms. The zero-order valence-corrected chi connectivity index (χ0v) is 16.8. The molecule has 0 aliphatic carbocycles. The van der Waals surface area contributed by atoms with Crippen LogP contribution in [0.5, 0.6) is 5.75 Å². The largest absolute Gasteiger partial charge is 0.461 e. The van der Waals surface area contributed by atoms with Gasteiger partial charge < -0.3 is 9.26 Å². The Morgan fingerprint density at radius 3 is 2.07 bits per heavy atom. The van der Waals surface area contributed by atoms with E-state index in [1.54, 1.807) is 62.4 Å². The first-order valence-corrected chi connectivity index (χ1v) is 10.3. The van der Waals surface area contributed by atoms with Gasteiger partial charge in [0.15, 0.2) is 6.10 Å². The van der Waals surface area contributed by atoms with Crippen molar-refractivity contribution in [3.05, 3.63) is 66.2 Å². The van der Waals surface area contributed by atoms with Gasteiger partial charge in [0.2, 0.25) is 0 Å². The minimum atomic E-state index is -5.05. The van der Waals surface area contributed by atoms with Crippen LogP contribution in [-0.4, -0.2) is 23.8 Å². The molecule has 5 nitrogen and oxygen atoms in total. The van der Waals surface area contributed by atoms with Gasteiger partial charge in [-0.3, -0.25) is 4.52 Å². The maximum absolute atomic E-state index is 14.2. The van der Waals surface area contributed by atoms with Crippen LogP contribution in [0.2, 0.25) is 0 Å². The number of ether oxygens (including phenoxy) is 1. The first kappa shape index (κ1) is 22.1. The zero-order chi connectivity index (χ0) is 20.8. The van der Waals surface area contributed by atoms with Crippen molar-refractivity contribution in [3.8, 4) is 5.75 Å². The molecule has 0 radical (unpaired) electrons. The summed E-state index contributed by atoms with van der Waals surface area (Å²) in [6.45, 7) is 3.67. The highest BCUT2D eigenvalue weighted by Crippen LogP contribution is 2.62. The van der Waals surface area contributed by atoms with Gasteiger partial charge in [0.05, 0.1) is 6.10 Å². The molecule has 0 aliphatic heterocycles. The monoisotopic (exact) mass is 412 g/mol. The number of hydrogen-bond donors (Lipinski definition) is 0. The molecule has 2 aromatic carbocycles. The molecule has 0 saturated carbocycles. The summed E-state index contributed by atoms with van der Waals surface area (Å²) in [7, 11) is -5.05. The van der Waals surface area contributed by atoms with Crippen LogP contribution in [0.1, 0.15) is 26.3 Å². The highest BCUT2D eigenvalue weighted by atomic mass is 31.2. The van der Waals surface area contributed by atoms with Gasteiger partial charge in [-0.15, -0.1) is 0 Å². The number of carbonyl (C=O) groups is 1. The SMILES string of the molecule is CC(C)OC(=O)C(Cc1ccccc1)OP(=O)(Oc1ccccc1)C(C)(F)F. The van der Waals surface area contributed by atoms with E-state index in [1.807, 2.05) is 0 Å². The first-order valence-electron chi connectivity index (χ1n) is 8.76. The summed E-state index contributed by atoms with van der Waals surface area (Å²) in [4.78, 5) is 12.4. The zero-order valence-electron chi connectivity index (χ0n) is 15.9. The standard InChI is InChI=1S/C20H23F2O5P/c1-15(2)25-19(23)18(14-16-10-6-4-7-11-16)27-28(24,20(3,21)22)26-17-12-8-5-9-13-17/h4-13,15,18H,14H2,1-3H3. The minimum absolute atomic E-state index is 0.0527. The van der Waals surface area contributed by atoms with Gasteiger partial charge in [0, 0.05) is 13.3 Å². The molecule has 2 aromatic rings. The summed E-state index contributed by atoms with van der Waals surface area (Å²) in [5, 5.41) is 0. The Kier molecular flexibility index (Phi) is 7.33. The lowest BCUT2D eigenvalue weighted by atomic mass is 10.1. The van der Waals surface area contributed by atoms with E-state index in [0.717, 1.165) is 0 Å². The van der Waals surface area contributed by atoms with E-state index in [4.69, 9.17) is 13.8 Å². The molecular weight excluding hydrogens is 389 g/mol. The Morgan fingerprint density at radius 1 is 1.04 bits per heavy atom. The van der Waals surface area contributed by atoms with Crippen LogP contribution in [-0.2, 0) is 25.0 Å². The number of para-hydroxylation sites is 1. The number of benzene rings is 2. The summed E-state index contributed by atoms with van der Waals surface area (Å²) in [6.07, 6.45) is -2.11. The van der Waals surface area contributed by atoms with Crippen molar-refractivity contribution < 1.29 is 31.9 Å². The molecule has 0 saturated heterocycles. The van der Waals surface area contributed by atoms with Gasteiger partial charge in [0.25, 0.3) is 0 Å². The van der Waals surface area contributed by atoms with Gasteiger partial charge in [0.1, 0.15) is 5.75 Å². The van der Waals surface area contributed by atoms with Gasteiger partial charge in [-0.25, -0.2) is 9.36 Å². The summed E-state index contributed by atoms with van der Waals surface area (Å²) in [6, 6.07) is 16.1. The second-order valence-electron chi connectivity index (χ2n) is 6.51. The van der Waals surface area contributed by atoms with Crippen LogP contribution in [0.25, 0.3) is 0 Å². The van der Waals surface area contributed by atoms with Crippen LogP contribution < -0.4 is 4.52 Å². The van der Waals surface area contributed by atoms with Gasteiger partial charge in [-0.05, 0) is 31.5 Å². The fourth-order valence-electron chi connectivity index (χ4n) is 2.28. The fourth-order valence-corrected chi connectivity index (χ4v) is 3.57. The van der Waals surface area contributed by atoms with E-state index in [9.17, 15) is 18.1 Å². The number of esters is 1. The van der Waals surface area contributed by atoms with Crippen LogP contribution >= 0.6 is 7.60 Å². The van der Waals surface area contributed by atoms with Crippen molar-refractivity contribution in [2.24, 2.45) is 0 Å². The molecule has 0 heterocycles. The van der Waals surface area contributed by atoms with E-state index in [2.05, 4.69) is 0 Å². The molecule has 2 unspecified atom stereocenters. The average Bonchev–Trinajstić information content (AvgIpc) is 2.61. The average molecular weight is 412 g/mol. The molecule has 2 atom stereocenters. The van der Waals surface area contributed by atoms with Gasteiger partial charge >= 0.3 is 19.2 Å². The molecule has 0 aromatic heterocycles. The van der Waals surface area contributed by atoms with E-state index >= 15 is 0 Å². The van der Waals surface area contributed by atoms with Crippen LogP contribution in [0, 0.1) is 0 Å². The van der Waals surface area contributed by atoms with Crippen molar-refractivity contribution in [1.29, 1.82) is 0 Å². The fraction of sp³-hybridized carbons (Fsp3) is 0.350. The molecule has 0 spiro atoms. The van der Waals surface area contributed by atoms with Crippen molar-refractivity contribution in [3.63, 3.8) is 0 Å². The Hall–Kier alpha value is -2.24. The molecule has 0 amide bonds. The Balaban J connectivity index is 2.33. The molecule has 152 valence electrons. The summed E-state index contributed by atoms with van der Waals surface area (Å²) < 4.78 is 56.8. The molecule has 0 aliphatic rings. The van der Waals surface area contributed by atoms with Crippen molar-refractivity contribution in [2.45, 2.75) is 45.1 Å². The molecular formula is C20H23F2O5P. The second kappa shape index (κ2) is 9.30.